The normalized spacial score (nSPS) is 16.6. The van der Waals surface area contributed by atoms with Crippen LogP contribution in [0.1, 0.15) is 23.0 Å². The zero-order valence-electron chi connectivity index (χ0n) is 10.4. The third-order valence-electron chi connectivity index (χ3n) is 3.12. The molecule has 1 saturated heterocycles. The van der Waals surface area contributed by atoms with E-state index >= 15 is 0 Å². The Morgan fingerprint density at radius 1 is 1.17 bits per heavy atom. The molecule has 3 rings (SSSR count). The lowest BCUT2D eigenvalue weighted by atomic mass is 10.1. The van der Waals surface area contributed by atoms with Gasteiger partial charge in [-0.1, -0.05) is 6.07 Å². The van der Waals surface area contributed by atoms with Crippen LogP contribution in [0.15, 0.2) is 27.6 Å². The summed E-state index contributed by atoms with van der Waals surface area (Å²) in [5.74, 6) is 0. The molecule has 0 amide bonds. The third-order valence-corrected chi connectivity index (χ3v) is 3.12. The standard InChI is InChI=1S/C14H14O4/c1-8-5-9(2)12-11(6-8)18-7-10(13(12)15)14-16-3-4-17-14/h5-7,14H,3-4H2,1-2H3. The van der Waals surface area contributed by atoms with Crippen LogP contribution in [-0.4, -0.2) is 13.2 Å². The fourth-order valence-corrected chi connectivity index (χ4v) is 2.34. The maximum atomic E-state index is 12.4. The molecule has 94 valence electrons. The number of benzene rings is 1. The highest BCUT2D eigenvalue weighted by molar-refractivity contribution is 5.81. The van der Waals surface area contributed by atoms with E-state index in [0.29, 0.717) is 29.7 Å². The number of aryl methyl sites for hydroxylation is 2. The van der Waals surface area contributed by atoms with E-state index in [9.17, 15) is 4.79 Å². The van der Waals surface area contributed by atoms with Crippen LogP contribution in [0.3, 0.4) is 0 Å². The summed E-state index contributed by atoms with van der Waals surface area (Å²) in [4.78, 5) is 12.4. The van der Waals surface area contributed by atoms with Gasteiger partial charge in [-0.25, -0.2) is 0 Å². The monoisotopic (exact) mass is 246 g/mol. The molecular weight excluding hydrogens is 232 g/mol. The lowest BCUT2D eigenvalue weighted by Crippen LogP contribution is -2.14. The van der Waals surface area contributed by atoms with Crippen molar-refractivity contribution in [3.05, 3.63) is 45.3 Å². The van der Waals surface area contributed by atoms with Gasteiger partial charge in [0.15, 0.2) is 6.29 Å². The Morgan fingerprint density at radius 2 is 1.89 bits per heavy atom. The molecule has 1 aromatic carbocycles. The van der Waals surface area contributed by atoms with Crippen molar-refractivity contribution in [2.45, 2.75) is 20.1 Å². The summed E-state index contributed by atoms with van der Waals surface area (Å²) >= 11 is 0. The van der Waals surface area contributed by atoms with Crippen LogP contribution < -0.4 is 5.43 Å². The topological polar surface area (TPSA) is 48.7 Å². The summed E-state index contributed by atoms with van der Waals surface area (Å²) in [6.07, 6.45) is 0.853. The molecule has 1 fully saturated rings. The molecule has 1 aliphatic rings. The van der Waals surface area contributed by atoms with Crippen molar-refractivity contribution in [1.82, 2.24) is 0 Å². The van der Waals surface area contributed by atoms with Crippen molar-refractivity contribution in [2.24, 2.45) is 0 Å². The average molecular weight is 246 g/mol. The van der Waals surface area contributed by atoms with Gasteiger partial charge in [-0.3, -0.25) is 4.79 Å². The van der Waals surface area contributed by atoms with Crippen LogP contribution in [0.2, 0.25) is 0 Å². The van der Waals surface area contributed by atoms with Gasteiger partial charge in [-0.05, 0) is 31.0 Å². The predicted octanol–water partition coefficient (Wildman–Crippen LogP) is 2.46. The van der Waals surface area contributed by atoms with Gasteiger partial charge >= 0.3 is 0 Å². The first-order chi connectivity index (χ1) is 8.66. The van der Waals surface area contributed by atoms with E-state index in [2.05, 4.69) is 0 Å². The van der Waals surface area contributed by atoms with Gasteiger partial charge in [0.1, 0.15) is 11.8 Å². The average Bonchev–Trinajstić information content (AvgIpc) is 2.81. The minimum Gasteiger partial charge on any atom is -0.464 e. The molecule has 0 spiro atoms. The zero-order chi connectivity index (χ0) is 12.7. The van der Waals surface area contributed by atoms with Crippen molar-refractivity contribution >= 4 is 11.0 Å². The lowest BCUT2D eigenvalue weighted by Gasteiger charge is -2.10. The van der Waals surface area contributed by atoms with Gasteiger partial charge in [0.05, 0.1) is 24.2 Å². The van der Waals surface area contributed by atoms with Crippen LogP contribution >= 0.6 is 0 Å². The van der Waals surface area contributed by atoms with Crippen molar-refractivity contribution in [3.63, 3.8) is 0 Å². The maximum Gasteiger partial charge on any atom is 0.201 e. The number of fused-ring (bicyclic) bond motifs is 1. The second-order valence-corrected chi connectivity index (χ2v) is 4.55. The summed E-state index contributed by atoms with van der Waals surface area (Å²) in [5.41, 5.74) is 2.97. The molecule has 0 atom stereocenters. The third kappa shape index (κ3) is 1.74. The van der Waals surface area contributed by atoms with Crippen molar-refractivity contribution in [2.75, 3.05) is 13.2 Å². The van der Waals surface area contributed by atoms with E-state index < -0.39 is 6.29 Å². The molecule has 0 saturated carbocycles. The van der Waals surface area contributed by atoms with Crippen LogP contribution in [0.25, 0.3) is 11.0 Å². The molecular formula is C14H14O4. The second kappa shape index (κ2) is 4.23. The Balaban J connectivity index is 2.25. The fourth-order valence-electron chi connectivity index (χ4n) is 2.34. The van der Waals surface area contributed by atoms with E-state index in [4.69, 9.17) is 13.9 Å². The molecule has 18 heavy (non-hydrogen) atoms. The largest absolute Gasteiger partial charge is 0.464 e. The minimum absolute atomic E-state index is 0.0688. The summed E-state index contributed by atoms with van der Waals surface area (Å²) < 4.78 is 16.2. The van der Waals surface area contributed by atoms with E-state index in [1.54, 1.807) is 0 Å². The Hall–Kier alpha value is -1.65. The Morgan fingerprint density at radius 3 is 2.61 bits per heavy atom. The zero-order valence-corrected chi connectivity index (χ0v) is 10.4. The minimum atomic E-state index is -0.591. The summed E-state index contributed by atoms with van der Waals surface area (Å²) in [7, 11) is 0. The maximum absolute atomic E-state index is 12.4. The lowest BCUT2D eigenvalue weighted by molar-refractivity contribution is -0.0457. The number of ether oxygens (including phenoxy) is 2. The van der Waals surface area contributed by atoms with E-state index in [1.807, 2.05) is 26.0 Å². The van der Waals surface area contributed by atoms with Gasteiger partial charge in [0.25, 0.3) is 0 Å². The molecule has 0 aliphatic carbocycles. The van der Waals surface area contributed by atoms with Crippen LogP contribution in [0, 0.1) is 13.8 Å². The van der Waals surface area contributed by atoms with Gasteiger partial charge < -0.3 is 13.9 Å². The molecule has 0 N–H and O–H groups in total. The number of rotatable bonds is 1. The smallest absolute Gasteiger partial charge is 0.201 e. The summed E-state index contributed by atoms with van der Waals surface area (Å²) in [6, 6.07) is 3.84. The number of hydrogen-bond acceptors (Lipinski definition) is 4. The first-order valence-electron chi connectivity index (χ1n) is 5.92. The molecule has 4 heteroatoms. The van der Waals surface area contributed by atoms with E-state index in [0.717, 1.165) is 11.1 Å². The quantitative estimate of drug-likeness (QED) is 0.775. The Labute approximate surface area is 104 Å². The molecule has 1 aromatic heterocycles. The first kappa shape index (κ1) is 11.4. The van der Waals surface area contributed by atoms with Crippen molar-refractivity contribution < 1.29 is 13.9 Å². The summed E-state index contributed by atoms with van der Waals surface area (Å²) in [5, 5.41) is 0.609. The summed E-state index contributed by atoms with van der Waals surface area (Å²) in [6.45, 7) is 4.90. The molecule has 4 nitrogen and oxygen atoms in total. The van der Waals surface area contributed by atoms with Crippen molar-refractivity contribution in [1.29, 1.82) is 0 Å². The molecule has 2 aromatic rings. The molecule has 0 bridgehead atoms. The number of hydrogen-bond donors (Lipinski definition) is 0. The second-order valence-electron chi connectivity index (χ2n) is 4.55. The Bertz CT molecular complexity index is 651. The van der Waals surface area contributed by atoms with Gasteiger partial charge in [0, 0.05) is 0 Å². The highest BCUT2D eigenvalue weighted by atomic mass is 16.7. The van der Waals surface area contributed by atoms with Crippen molar-refractivity contribution in [3.8, 4) is 0 Å². The molecule has 0 radical (unpaired) electrons. The molecule has 1 aliphatic heterocycles. The van der Waals surface area contributed by atoms with Crippen LogP contribution in [0.4, 0.5) is 0 Å². The van der Waals surface area contributed by atoms with E-state index in [-0.39, 0.29) is 5.43 Å². The molecule has 0 unspecified atom stereocenters. The van der Waals surface area contributed by atoms with Gasteiger partial charge in [-0.15, -0.1) is 0 Å². The molecule has 2 heterocycles. The van der Waals surface area contributed by atoms with Gasteiger partial charge in [0.2, 0.25) is 5.43 Å². The van der Waals surface area contributed by atoms with E-state index in [1.165, 1.54) is 6.26 Å². The predicted molar refractivity (Wildman–Crippen MR) is 66.6 cm³/mol. The SMILES string of the molecule is Cc1cc(C)c2c(=O)c(C3OCCO3)coc2c1. The fraction of sp³-hybridized carbons (Fsp3) is 0.357. The first-order valence-corrected chi connectivity index (χ1v) is 5.92. The highest BCUT2D eigenvalue weighted by Crippen LogP contribution is 2.24. The van der Waals surface area contributed by atoms with Gasteiger partial charge in [-0.2, -0.15) is 0 Å². The van der Waals surface area contributed by atoms with Crippen LogP contribution in [-0.2, 0) is 9.47 Å². The van der Waals surface area contributed by atoms with Crippen LogP contribution in [0.5, 0.6) is 0 Å². The highest BCUT2D eigenvalue weighted by Gasteiger charge is 2.23. The Kier molecular flexibility index (Phi) is 2.69.